The molecule has 0 spiro atoms. The molecule has 1 amide bonds. The van der Waals surface area contributed by atoms with Crippen LogP contribution in [0.15, 0.2) is 10.6 Å². The number of likely N-dealkylation sites (tertiary alicyclic amines) is 1. The van der Waals surface area contributed by atoms with Crippen LogP contribution in [0.2, 0.25) is 0 Å². The van der Waals surface area contributed by atoms with Crippen molar-refractivity contribution in [3.8, 4) is 0 Å². The van der Waals surface area contributed by atoms with Gasteiger partial charge in [0.1, 0.15) is 11.4 Å². The van der Waals surface area contributed by atoms with E-state index < -0.39 is 5.60 Å². The molecule has 6 heteroatoms. The monoisotopic (exact) mass is 323 g/mol. The van der Waals surface area contributed by atoms with Crippen LogP contribution in [0.4, 0.5) is 4.79 Å². The number of carbonyl (C=O) groups excluding carboxylic acids is 1. The van der Waals surface area contributed by atoms with Gasteiger partial charge >= 0.3 is 6.09 Å². The average Bonchev–Trinajstić information content (AvgIpc) is 2.96. The lowest BCUT2D eigenvalue weighted by Gasteiger charge is -2.21. The van der Waals surface area contributed by atoms with Gasteiger partial charge in [0.15, 0.2) is 0 Å². The molecule has 0 saturated carbocycles. The van der Waals surface area contributed by atoms with Gasteiger partial charge in [0.2, 0.25) is 5.89 Å². The van der Waals surface area contributed by atoms with Gasteiger partial charge in [-0.25, -0.2) is 9.78 Å². The molecule has 1 aliphatic rings. The number of nitrogens with zero attached hydrogens (tertiary/aromatic N) is 2. The van der Waals surface area contributed by atoms with Crippen LogP contribution in [-0.4, -0.2) is 40.7 Å². The molecular weight excluding hydrogens is 294 g/mol. The predicted octanol–water partition coefficient (Wildman–Crippen LogP) is 3.07. The van der Waals surface area contributed by atoms with Crippen molar-refractivity contribution in [3.63, 3.8) is 0 Å². The Morgan fingerprint density at radius 2 is 2.09 bits per heavy atom. The van der Waals surface area contributed by atoms with E-state index in [0.29, 0.717) is 6.54 Å². The molecular formula is C17H29N3O3. The number of oxazole rings is 1. The summed E-state index contributed by atoms with van der Waals surface area (Å²) in [6, 6.07) is 0.113. The molecule has 130 valence electrons. The fourth-order valence-electron chi connectivity index (χ4n) is 2.49. The molecule has 1 aromatic heterocycles. The lowest BCUT2D eigenvalue weighted by Crippen LogP contribution is -2.40. The molecule has 1 aromatic rings. The summed E-state index contributed by atoms with van der Waals surface area (Å²) < 4.78 is 11.1. The summed E-state index contributed by atoms with van der Waals surface area (Å²) in [5, 5.41) is 2.93. The predicted molar refractivity (Wildman–Crippen MR) is 88.3 cm³/mol. The molecule has 1 saturated heterocycles. The summed E-state index contributed by atoms with van der Waals surface area (Å²) in [6.45, 7) is 14.3. The maximum Gasteiger partial charge on any atom is 0.407 e. The zero-order valence-corrected chi connectivity index (χ0v) is 15.1. The van der Waals surface area contributed by atoms with Crippen LogP contribution >= 0.6 is 0 Å². The van der Waals surface area contributed by atoms with Gasteiger partial charge in [-0.05, 0) is 27.2 Å². The van der Waals surface area contributed by atoms with Gasteiger partial charge in [0.25, 0.3) is 0 Å². The van der Waals surface area contributed by atoms with Gasteiger partial charge in [0, 0.05) is 24.5 Å². The van der Waals surface area contributed by atoms with Crippen molar-refractivity contribution in [1.82, 2.24) is 15.2 Å². The summed E-state index contributed by atoms with van der Waals surface area (Å²) in [5.41, 5.74) is -0.499. The maximum atomic E-state index is 11.8. The van der Waals surface area contributed by atoms with E-state index in [-0.39, 0.29) is 17.6 Å². The lowest BCUT2D eigenvalue weighted by atomic mass is 9.94. The van der Waals surface area contributed by atoms with Crippen LogP contribution < -0.4 is 5.32 Å². The standard InChI is InChI=1S/C17H29N3O3/c1-16(2,3)13-9-18-14(22-13)11-20-8-7-12(10-20)19-15(21)23-17(4,5)6/h9,12H,7-8,10-11H2,1-6H3,(H,19,21)/t12-/m0/s1. The largest absolute Gasteiger partial charge is 0.444 e. The molecule has 0 radical (unpaired) electrons. The number of aromatic nitrogens is 1. The minimum absolute atomic E-state index is 0.0307. The highest BCUT2D eigenvalue weighted by Gasteiger charge is 2.27. The van der Waals surface area contributed by atoms with E-state index in [2.05, 4.69) is 36.0 Å². The highest BCUT2D eigenvalue weighted by Crippen LogP contribution is 2.23. The molecule has 1 fully saturated rings. The normalized spacial score (nSPS) is 19.8. The van der Waals surface area contributed by atoms with Crippen molar-refractivity contribution in [3.05, 3.63) is 17.8 Å². The van der Waals surface area contributed by atoms with Crippen LogP contribution in [0.25, 0.3) is 0 Å². The van der Waals surface area contributed by atoms with Crippen LogP contribution in [0, 0.1) is 0 Å². The quantitative estimate of drug-likeness (QED) is 0.926. The number of rotatable bonds is 3. The van der Waals surface area contributed by atoms with Crippen molar-refractivity contribution in [1.29, 1.82) is 0 Å². The molecule has 1 N–H and O–H groups in total. The van der Waals surface area contributed by atoms with E-state index in [4.69, 9.17) is 9.15 Å². The molecule has 2 rings (SSSR count). The number of hydrogen-bond acceptors (Lipinski definition) is 5. The second kappa shape index (κ2) is 6.51. The fourth-order valence-corrected chi connectivity index (χ4v) is 2.49. The Balaban J connectivity index is 1.81. The van der Waals surface area contributed by atoms with E-state index in [1.165, 1.54) is 0 Å². The first-order chi connectivity index (χ1) is 10.5. The first-order valence-corrected chi connectivity index (χ1v) is 8.20. The first-order valence-electron chi connectivity index (χ1n) is 8.20. The molecule has 0 aromatic carbocycles. The van der Waals surface area contributed by atoms with Crippen molar-refractivity contribution < 1.29 is 13.9 Å². The number of amides is 1. The molecule has 6 nitrogen and oxygen atoms in total. The summed E-state index contributed by atoms with van der Waals surface area (Å²) >= 11 is 0. The molecule has 1 atom stereocenters. The lowest BCUT2D eigenvalue weighted by molar-refractivity contribution is 0.0505. The van der Waals surface area contributed by atoms with Crippen molar-refractivity contribution in [2.75, 3.05) is 13.1 Å². The topological polar surface area (TPSA) is 67.6 Å². The number of carbonyl (C=O) groups is 1. The summed E-state index contributed by atoms with van der Waals surface area (Å²) in [7, 11) is 0. The zero-order chi connectivity index (χ0) is 17.3. The van der Waals surface area contributed by atoms with E-state index in [9.17, 15) is 4.79 Å². The van der Waals surface area contributed by atoms with Crippen LogP contribution in [0.5, 0.6) is 0 Å². The maximum absolute atomic E-state index is 11.8. The average molecular weight is 323 g/mol. The second-order valence-electron chi connectivity index (χ2n) is 8.24. The Morgan fingerprint density at radius 3 is 2.65 bits per heavy atom. The molecule has 0 unspecified atom stereocenters. The SMILES string of the molecule is CC(C)(C)OC(=O)N[C@H]1CCN(Cc2ncc(C(C)(C)C)o2)C1. The first kappa shape index (κ1) is 17.8. The third kappa shape index (κ3) is 5.53. The Hall–Kier alpha value is -1.56. The van der Waals surface area contributed by atoms with E-state index in [1.807, 2.05) is 27.0 Å². The number of ether oxygens (including phenoxy) is 1. The second-order valence-corrected chi connectivity index (χ2v) is 8.24. The Morgan fingerprint density at radius 1 is 1.39 bits per heavy atom. The van der Waals surface area contributed by atoms with Gasteiger partial charge in [-0.3, -0.25) is 4.90 Å². The molecule has 0 bridgehead atoms. The van der Waals surface area contributed by atoms with Gasteiger partial charge in [-0.1, -0.05) is 20.8 Å². The van der Waals surface area contributed by atoms with Gasteiger partial charge < -0.3 is 14.5 Å². The Labute approximate surface area is 138 Å². The Bertz CT molecular complexity index is 540. The smallest absolute Gasteiger partial charge is 0.407 e. The molecule has 1 aliphatic heterocycles. The highest BCUT2D eigenvalue weighted by atomic mass is 16.6. The Kier molecular flexibility index (Phi) is 5.04. The molecule has 2 heterocycles. The van der Waals surface area contributed by atoms with Crippen molar-refractivity contribution >= 4 is 6.09 Å². The number of nitrogens with one attached hydrogen (secondary N) is 1. The van der Waals surface area contributed by atoms with Crippen molar-refractivity contribution in [2.45, 2.75) is 71.6 Å². The van der Waals surface area contributed by atoms with Crippen LogP contribution in [-0.2, 0) is 16.7 Å². The fraction of sp³-hybridized carbons (Fsp3) is 0.765. The minimum atomic E-state index is -0.468. The van der Waals surface area contributed by atoms with E-state index in [1.54, 1.807) is 0 Å². The summed E-state index contributed by atoms with van der Waals surface area (Å²) in [6.07, 6.45) is 2.36. The third-order valence-corrected chi connectivity index (χ3v) is 3.64. The summed E-state index contributed by atoms with van der Waals surface area (Å²) in [4.78, 5) is 18.4. The number of alkyl carbamates (subject to hydrolysis) is 1. The van der Waals surface area contributed by atoms with Crippen molar-refractivity contribution in [2.24, 2.45) is 0 Å². The van der Waals surface area contributed by atoms with Gasteiger partial charge in [0.05, 0.1) is 12.7 Å². The minimum Gasteiger partial charge on any atom is -0.444 e. The van der Waals surface area contributed by atoms with Gasteiger partial charge in [-0.15, -0.1) is 0 Å². The highest BCUT2D eigenvalue weighted by molar-refractivity contribution is 5.68. The van der Waals surface area contributed by atoms with E-state index >= 15 is 0 Å². The summed E-state index contributed by atoms with van der Waals surface area (Å²) in [5.74, 6) is 1.63. The van der Waals surface area contributed by atoms with Crippen LogP contribution in [0.1, 0.15) is 59.6 Å². The van der Waals surface area contributed by atoms with Crippen LogP contribution in [0.3, 0.4) is 0 Å². The molecule has 0 aliphatic carbocycles. The van der Waals surface area contributed by atoms with E-state index in [0.717, 1.165) is 31.2 Å². The number of hydrogen-bond donors (Lipinski definition) is 1. The third-order valence-electron chi connectivity index (χ3n) is 3.64. The molecule has 23 heavy (non-hydrogen) atoms. The van der Waals surface area contributed by atoms with Gasteiger partial charge in [-0.2, -0.15) is 0 Å². The zero-order valence-electron chi connectivity index (χ0n) is 15.1.